The van der Waals surface area contributed by atoms with E-state index >= 15 is 0 Å². The molecule has 2 saturated carbocycles. The van der Waals surface area contributed by atoms with Crippen molar-refractivity contribution >= 4 is 0 Å². The Balaban J connectivity index is 0.000000246. The van der Waals surface area contributed by atoms with Crippen molar-refractivity contribution in [2.75, 3.05) is 0 Å². The maximum absolute atomic E-state index is 5.56. The fourth-order valence-electron chi connectivity index (χ4n) is 1.01. The summed E-state index contributed by atoms with van der Waals surface area (Å²) in [6.07, 6.45) is 18.1. The SMILES string of the molecule is C[C@@H](N)[C]1[CH][CH][CH][CH]1.[CH]1[CH][CH][CH][CH]1.[Fe]. The van der Waals surface area contributed by atoms with Gasteiger partial charge in [0.25, 0.3) is 0 Å². The van der Waals surface area contributed by atoms with Crippen LogP contribution in [-0.2, 0) is 17.1 Å². The van der Waals surface area contributed by atoms with Crippen molar-refractivity contribution in [3.63, 3.8) is 0 Å². The molecule has 0 unspecified atom stereocenters. The molecule has 2 aliphatic rings. The average Bonchev–Trinajstić information content (AvgIpc) is 2.82. The minimum atomic E-state index is 0. The van der Waals surface area contributed by atoms with Gasteiger partial charge in [0.1, 0.15) is 0 Å². The van der Waals surface area contributed by atoms with E-state index in [4.69, 9.17) is 5.73 Å². The van der Waals surface area contributed by atoms with E-state index in [9.17, 15) is 0 Å². The van der Waals surface area contributed by atoms with E-state index in [1.807, 2.05) is 64.7 Å². The Morgan fingerprint density at radius 2 is 1.21 bits per heavy atom. The predicted molar refractivity (Wildman–Crippen MR) is 55.6 cm³/mol. The van der Waals surface area contributed by atoms with Crippen LogP contribution in [0.4, 0.5) is 0 Å². The molecule has 2 fully saturated rings. The molecule has 0 heterocycles. The number of nitrogens with two attached hydrogens (primary N) is 1. The molecule has 1 atom stereocenters. The molecule has 10 radical (unpaired) electrons. The summed E-state index contributed by atoms with van der Waals surface area (Å²) in [5, 5.41) is 0. The zero-order valence-corrected chi connectivity index (χ0v) is 9.31. The minimum absolute atomic E-state index is 0. The van der Waals surface area contributed by atoms with E-state index in [0.29, 0.717) is 0 Å². The fourth-order valence-corrected chi connectivity index (χ4v) is 1.01. The minimum Gasteiger partial charge on any atom is -0.327 e. The molecule has 76 valence electrons. The van der Waals surface area contributed by atoms with Gasteiger partial charge in [-0.05, 0) is 70.6 Å². The van der Waals surface area contributed by atoms with Gasteiger partial charge in [0.2, 0.25) is 0 Å². The van der Waals surface area contributed by atoms with Crippen molar-refractivity contribution in [3.8, 4) is 0 Å². The Bertz CT molecular complexity index is 108. The van der Waals surface area contributed by atoms with Crippen LogP contribution in [0.5, 0.6) is 0 Å². The number of rotatable bonds is 1. The summed E-state index contributed by atoms with van der Waals surface area (Å²) < 4.78 is 0. The van der Waals surface area contributed by atoms with Gasteiger partial charge in [-0.1, -0.05) is 0 Å². The molecule has 2 heteroatoms. The van der Waals surface area contributed by atoms with Crippen molar-refractivity contribution in [2.45, 2.75) is 13.0 Å². The smallest absolute Gasteiger partial charge is 0.00789 e. The molecule has 0 saturated heterocycles. The summed E-state index contributed by atoms with van der Waals surface area (Å²) in [6.45, 7) is 1.98. The molecule has 0 aromatic carbocycles. The Morgan fingerprint density at radius 1 is 0.857 bits per heavy atom. The van der Waals surface area contributed by atoms with Crippen molar-refractivity contribution < 1.29 is 17.1 Å². The van der Waals surface area contributed by atoms with Gasteiger partial charge in [-0.3, -0.25) is 0 Å². The third-order valence-electron chi connectivity index (χ3n) is 1.77. The predicted octanol–water partition coefficient (Wildman–Crippen LogP) is 1.76. The maximum atomic E-state index is 5.56. The third kappa shape index (κ3) is 6.06. The first-order valence-corrected chi connectivity index (χ1v) is 4.44. The summed E-state index contributed by atoms with van der Waals surface area (Å²) in [5.74, 6) is 1.21. The van der Waals surface area contributed by atoms with Crippen LogP contribution in [0.15, 0.2) is 0 Å². The summed E-state index contributed by atoms with van der Waals surface area (Å²) in [7, 11) is 0. The normalized spacial score (nSPS) is 23.6. The third-order valence-corrected chi connectivity index (χ3v) is 1.77. The van der Waals surface area contributed by atoms with Crippen LogP contribution < -0.4 is 5.73 Å². The molecule has 14 heavy (non-hydrogen) atoms. The van der Waals surface area contributed by atoms with Gasteiger partial charge in [0, 0.05) is 23.1 Å². The molecule has 2 aliphatic carbocycles. The summed E-state index contributed by atoms with van der Waals surface area (Å²) in [6, 6.07) is 0.185. The maximum Gasteiger partial charge on any atom is 0.00789 e. The summed E-state index contributed by atoms with van der Waals surface area (Å²) in [4.78, 5) is 0. The second-order valence-electron chi connectivity index (χ2n) is 2.97. The zero-order valence-electron chi connectivity index (χ0n) is 8.20. The van der Waals surface area contributed by atoms with Crippen molar-refractivity contribution in [3.05, 3.63) is 63.7 Å². The molecule has 2 N–H and O–H groups in total. The summed E-state index contributed by atoms with van der Waals surface area (Å²) in [5.41, 5.74) is 5.56. The molecular weight excluding hydrogens is 214 g/mol. The molecule has 0 spiro atoms. The molecule has 0 amide bonds. The largest absolute Gasteiger partial charge is 0.327 e. The molecule has 0 aromatic rings. The van der Waals surface area contributed by atoms with Crippen LogP contribution in [0.1, 0.15) is 6.92 Å². The van der Waals surface area contributed by atoms with Gasteiger partial charge in [0.05, 0.1) is 0 Å². The van der Waals surface area contributed by atoms with Crippen LogP contribution >= 0.6 is 0 Å². The van der Waals surface area contributed by atoms with Gasteiger partial charge < -0.3 is 5.73 Å². The number of hydrogen-bond acceptors (Lipinski definition) is 1. The number of hydrogen-bond donors (Lipinski definition) is 1. The molecule has 0 aliphatic heterocycles. The van der Waals surface area contributed by atoms with Gasteiger partial charge in [-0.15, -0.1) is 0 Å². The average molecular weight is 229 g/mol. The molecule has 2 rings (SSSR count). The van der Waals surface area contributed by atoms with E-state index in [1.165, 1.54) is 5.92 Å². The van der Waals surface area contributed by atoms with Crippen LogP contribution in [0.3, 0.4) is 0 Å². The Hall–Kier alpha value is 0.479. The molecule has 0 bridgehead atoms. The van der Waals surface area contributed by atoms with Gasteiger partial charge in [-0.25, -0.2) is 0 Å². The monoisotopic (exact) mass is 229 g/mol. The van der Waals surface area contributed by atoms with E-state index in [0.717, 1.165) is 0 Å². The fraction of sp³-hybridized carbons (Fsp3) is 0.167. The first-order valence-electron chi connectivity index (χ1n) is 4.44. The summed E-state index contributed by atoms with van der Waals surface area (Å²) >= 11 is 0. The van der Waals surface area contributed by atoms with Crippen molar-refractivity contribution in [2.24, 2.45) is 5.73 Å². The first-order chi connectivity index (χ1) is 6.30. The van der Waals surface area contributed by atoms with E-state index < -0.39 is 0 Å². The Labute approximate surface area is 99.7 Å². The Morgan fingerprint density at radius 3 is 1.43 bits per heavy atom. The van der Waals surface area contributed by atoms with Crippen LogP contribution in [0.25, 0.3) is 0 Å². The molecule has 1 nitrogen and oxygen atoms in total. The van der Waals surface area contributed by atoms with E-state index in [2.05, 4.69) is 0 Å². The topological polar surface area (TPSA) is 26.0 Å². The second kappa shape index (κ2) is 8.76. The van der Waals surface area contributed by atoms with Crippen LogP contribution in [0.2, 0.25) is 0 Å². The van der Waals surface area contributed by atoms with Gasteiger partial charge in [-0.2, -0.15) is 0 Å². The second-order valence-corrected chi connectivity index (χ2v) is 2.97. The van der Waals surface area contributed by atoms with Crippen molar-refractivity contribution in [1.29, 1.82) is 0 Å². The first kappa shape index (κ1) is 14.5. The zero-order chi connectivity index (χ0) is 9.52. The molecular formula is C12H15FeN. The van der Waals surface area contributed by atoms with Gasteiger partial charge >= 0.3 is 0 Å². The van der Waals surface area contributed by atoms with Gasteiger partial charge in [0.15, 0.2) is 0 Å². The quantitative estimate of drug-likeness (QED) is 0.681. The van der Waals surface area contributed by atoms with Crippen LogP contribution in [-0.4, -0.2) is 6.04 Å². The molecule has 0 aromatic heterocycles. The standard InChI is InChI=1S/C7H10N.C5H5.Fe/c1-6(8)7-4-2-3-5-7;1-2-4-5-3-1;/h2-6H,8H2,1H3;1-5H;/t6-;;/m1../s1. The van der Waals surface area contributed by atoms with Crippen molar-refractivity contribution in [1.82, 2.24) is 0 Å². The Kier molecular flexibility index (Phi) is 9.06. The van der Waals surface area contributed by atoms with Crippen LogP contribution in [0, 0.1) is 63.7 Å². The van der Waals surface area contributed by atoms with E-state index in [1.54, 1.807) is 0 Å². The van der Waals surface area contributed by atoms with E-state index in [-0.39, 0.29) is 23.1 Å².